The molecule has 1 aliphatic rings. The van der Waals surface area contributed by atoms with Crippen molar-refractivity contribution in [3.8, 4) is 0 Å². The van der Waals surface area contributed by atoms with Gasteiger partial charge >= 0.3 is 10.3 Å². The molecular formula is C6H13NO7S. The van der Waals surface area contributed by atoms with Gasteiger partial charge in [-0.15, -0.1) is 0 Å². The van der Waals surface area contributed by atoms with E-state index in [2.05, 4.69) is 0 Å². The zero-order chi connectivity index (χ0) is 11.6. The summed E-state index contributed by atoms with van der Waals surface area (Å²) in [6, 6.07) is -1.34. The van der Waals surface area contributed by atoms with Gasteiger partial charge in [-0.3, -0.25) is 4.55 Å². The Balaban J connectivity index is 2.66. The van der Waals surface area contributed by atoms with Crippen molar-refractivity contribution in [3.63, 3.8) is 0 Å². The lowest BCUT2D eigenvalue weighted by Crippen LogP contribution is -2.57. The first-order valence-corrected chi connectivity index (χ1v) is 5.64. The first-order valence-electron chi connectivity index (χ1n) is 4.20. The Bertz CT molecular complexity index is 293. The molecule has 1 aliphatic heterocycles. The Kier molecular flexibility index (Phi) is 4.00. The number of hydrogen-bond acceptors (Lipinski definition) is 6. The third kappa shape index (κ3) is 3.65. The van der Waals surface area contributed by atoms with Crippen molar-refractivity contribution in [3.05, 3.63) is 0 Å². The van der Waals surface area contributed by atoms with E-state index in [0.717, 1.165) is 0 Å². The molecule has 5 N–H and O–H groups in total. The van der Waals surface area contributed by atoms with Gasteiger partial charge in [0.15, 0.2) is 6.29 Å². The molecule has 0 spiro atoms. The molecule has 1 fully saturated rings. The third-order valence-electron chi connectivity index (χ3n) is 2.05. The summed E-state index contributed by atoms with van der Waals surface area (Å²) < 4.78 is 35.8. The van der Waals surface area contributed by atoms with E-state index in [9.17, 15) is 18.6 Å². The zero-order valence-corrected chi connectivity index (χ0v) is 8.46. The average Bonchev–Trinajstić information content (AvgIpc) is 2.09. The highest BCUT2D eigenvalue weighted by Crippen LogP contribution is 2.19. The summed E-state index contributed by atoms with van der Waals surface area (Å²) in [4.78, 5) is 0. The van der Waals surface area contributed by atoms with E-state index in [4.69, 9.17) is 14.4 Å². The standard InChI is InChI=1S/C6H13NO7S/c8-2-3-1-4(9)5(6(10)14-3)7-15(11,12)13/h3-10H,1-2H2,(H,11,12,13)/t3?,4-,5?,6?/m0/s1. The predicted molar refractivity (Wildman–Crippen MR) is 47.1 cm³/mol. The normalized spacial score (nSPS) is 37.9. The van der Waals surface area contributed by atoms with Crippen molar-refractivity contribution in [2.24, 2.45) is 0 Å². The number of aliphatic hydroxyl groups is 3. The molecule has 9 heteroatoms. The zero-order valence-electron chi connectivity index (χ0n) is 7.65. The SMILES string of the molecule is O=S(=O)(O)NC1C(O)OC(CO)C[C@@H]1O. The summed E-state index contributed by atoms with van der Waals surface area (Å²) in [5, 5.41) is 27.4. The van der Waals surface area contributed by atoms with Crippen LogP contribution in [0.15, 0.2) is 0 Å². The van der Waals surface area contributed by atoms with E-state index in [1.54, 1.807) is 4.72 Å². The van der Waals surface area contributed by atoms with Crippen LogP contribution in [0.2, 0.25) is 0 Å². The Morgan fingerprint density at radius 2 is 2.00 bits per heavy atom. The molecule has 0 saturated carbocycles. The van der Waals surface area contributed by atoms with Crippen molar-refractivity contribution in [2.45, 2.75) is 31.0 Å². The highest BCUT2D eigenvalue weighted by Gasteiger charge is 2.38. The molecule has 0 amide bonds. The van der Waals surface area contributed by atoms with Gasteiger partial charge < -0.3 is 20.1 Å². The highest BCUT2D eigenvalue weighted by molar-refractivity contribution is 7.83. The fourth-order valence-electron chi connectivity index (χ4n) is 1.37. The number of aliphatic hydroxyl groups excluding tert-OH is 3. The second kappa shape index (κ2) is 4.70. The van der Waals surface area contributed by atoms with Crippen molar-refractivity contribution in [1.29, 1.82) is 0 Å². The first kappa shape index (κ1) is 12.8. The van der Waals surface area contributed by atoms with Crippen LogP contribution in [0.25, 0.3) is 0 Å². The van der Waals surface area contributed by atoms with E-state index in [0.29, 0.717) is 0 Å². The second-order valence-electron chi connectivity index (χ2n) is 3.25. The lowest BCUT2D eigenvalue weighted by molar-refractivity contribution is -0.211. The Hall–Kier alpha value is -0.290. The predicted octanol–water partition coefficient (Wildman–Crippen LogP) is -2.79. The maximum absolute atomic E-state index is 10.5. The quantitative estimate of drug-likeness (QED) is 0.338. The van der Waals surface area contributed by atoms with Gasteiger partial charge in [0.2, 0.25) is 0 Å². The van der Waals surface area contributed by atoms with Gasteiger partial charge in [0.1, 0.15) is 6.04 Å². The molecule has 3 unspecified atom stereocenters. The van der Waals surface area contributed by atoms with Crippen LogP contribution >= 0.6 is 0 Å². The summed E-state index contributed by atoms with van der Waals surface area (Å²) in [5.74, 6) is 0. The van der Waals surface area contributed by atoms with Gasteiger partial charge in [-0.25, -0.2) is 0 Å². The molecule has 4 atom stereocenters. The molecule has 0 aliphatic carbocycles. The van der Waals surface area contributed by atoms with Crippen LogP contribution in [0.1, 0.15) is 6.42 Å². The van der Waals surface area contributed by atoms with Crippen LogP contribution in [0, 0.1) is 0 Å². The molecule has 1 rings (SSSR count). The van der Waals surface area contributed by atoms with Crippen LogP contribution in [-0.2, 0) is 15.0 Å². The van der Waals surface area contributed by atoms with E-state index in [-0.39, 0.29) is 6.42 Å². The van der Waals surface area contributed by atoms with Crippen LogP contribution < -0.4 is 4.72 Å². The van der Waals surface area contributed by atoms with Gasteiger partial charge in [-0.1, -0.05) is 0 Å². The average molecular weight is 243 g/mol. The van der Waals surface area contributed by atoms with E-state index in [1.807, 2.05) is 0 Å². The van der Waals surface area contributed by atoms with Gasteiger partial charge in [0.05, 0.1) is 18.8 Å². The number of rotatable bonds is 3. The molecule has 1 heterocycles. The van der Waals surface area contributed by atoms with Crippen LogP contribution in [0.5, 0.6) is 0 Å². The third-order valence-corrected chi connectivity index (χ3v) is 2.62. The smallest absolute Gasteiger partial charge is 0.333 e. The monoisotopic (exact) mass is 243 g/mol. The fraction of sp³-hybridized carbons (Fsp3) is 1.00. The minimum atomic E-state index is -4.53. The highest BCUT2D eigenvalue weighted by atomic mass is 32.2. The molecule has 0 bridgehead atoms. The largest absolute Gasteiger partial charge is 0.394 e. The summed E-state index contributed by atoms with van der Waals surface area (Å²) in [6.07, 6.45) is -3.66. The molecule has 0 aromatic rings. The van der Waals surface area contributed by atoms with Crippen LogP contribution in [0.4, 0.5) is 0 Å². The molecule has 8 nitrogen and oxygen atoms in total. The topological polar surface area (TPSA) is 136 Å². The Labute approximate surface area is 86.4 Å². The molecule has 90 valence electrons. The first-order chi connectivity index (χ1) is 6.83. The van der Waals surface area contributed by atoms with E-state index in [1.165, 1.54) is 0 Å². The van der Waals surface area contributed by atoms with Gasteiger partial charge in [0, 0.05) is 6.42 Å². The lowest BCUT2D eigenvalue weighted by atomic mass is 10.0. The lowest BCUT2D eigenvalue weighted by Gasteiger charge is -2.35. The molecule has 0 radical (unpaired) electrons. The molecular weight excluding hydrogens is 230 g/mol. The van der Waals surface area contributed by atoms with Gasteiger partial charge in [-0.2, -0.15) is 13.1 Å². The molecule has 0 aromatic carbocycles. The van der Waals surface area contributed by atoms with E-state index >= 15 is 0 Å². The fourth-order valence-corrected chi connectivity index (χ4v) is 1.99. The Morgan fingerprint density at radius 3 is 2.40 bits per heavy atom. The summed E-state index contributed by atoms with van der Waals surface area (Å²) in [6.45, 7) is -0.396. The number of nitrogens with one attached hydrogen (secondary N) is 1. The maximum Gasteiger partial charge on any atom is 0.333 e. The van der Waals surface area contributed by atoms with Crippen LogP contribution in [0.3, 0.4) is 0 Å². The van der Waals surface area contributed by atoms with Gasteiger partial charge in [-0.05, 0) is 0 Å². The maximum atomic E-state index is 10.5. The summed E-state index contributed by atoms with van der Waals surface area (Å²) >= 11 is 0. The minimum absolute atomic E-state index is 0.0409. The summed E-state index contributed by atoms with van der Waals surface area (Å²) in [7, 11) is -4.53. The number of hydrogen-bond donors (Lipinski definition) is 5. The molecule has 1 saturated heterocycles. The Morgan fingerprint density at radius 1 is 1.40 bits per heavy atom. The minimum Gasteiger partial charge on any atom is -0.394 e. The van der Waals surface area contributed by atoms with Crippen molar-refractivity contribution in [2.75, 3.05) is 6.61 Å². The molecule has 15 heavy (non-hydrogen) atoms. The molecule has 0 aromatic heterocycles. The number of ether oxygens (including phenoxy) is 1. The second-order valence-corrected chi connectivity index (χ2v) is 4.44. The van der Waals surface area contributed by atoms with Crippen molar-refractivity contribution >= 4 is 10.3 Å². The van der Waals surface area contributed by atoms with Crippen LogP contribution in [-0.4, -0.2) is 59.4 Å². The summed E-state index contributed by atoms with van der Waals surface area (Å²) in [5.41, 5.74) is 0. The van der Waals surface area contributed by atoms with E-state index < -0.39 is 41.5 Å². The van der Waals surface area contributed by atoms with Crippen molar-refractivity contribution < 1.29 is 33.0 Å². The van der Waals surface area contributed by atoms with Gasteiger partial charge in [0.25, 0.3) is 0 Å². The van der Waals surface area contributed by atoms with Crippen molar-refractivity contribution in [1.82, 2.24) is 4.72 Å².